The minimum absolute atomic E-state index is 0.247. The van der Waals surface area contributed by atoms with Gasteiger partial charge in [-0.1, -0.05) is 83.9 Å². The molecular formula is C28H21Cl2N3O2. The lowest BCUT2D eigenvalue weighted by atomic mass is 10.0. The second-order valence-corrected chi connectivity index (χ2v) is 8.82. The highest BCUT2D eigenvalue weighted by atomic mass is 35.5. The number of nitrogens with one attached hydrogen (secondary N) is 1. The lowest BCUT2D eigenvalue weighted by Crippen LogP contribution is -2.13. The van der Waals surface area contributed by atoms with Gasteiger partial charge in [-0.15, -0.1) is 0 Å². The van der Waals surface area contributed by atoms with Gasteiger partial charge in [0, 0.05) is 17.8 Å². The number of carbonyl (C=O) groups excluding carboxylic acids is 1. The van der Waals surface area contributed by atoms with Crippen molar-refractivity contribution >= 4 is 45.7 Å². The number of anilines is 1. The molecule has 0 spiro atoms. The average Bonchev–Trinajstić information content (AvgIpc) is 3.32. The Bertz CT molecular complexity index is 1510. The summed E-state index contributed by atoms with van der Waals surface area (Å²) in [6, 6.07) is 28.7. The summed E-state index contributed by atoms with van der Waals surface area (Å²) in [6.07, 6.45) is 1.86. The molecule has 1 N–H and O–H groups in total. The SMILES string of the molecule is O=C(Nc1ccn(Cc2cccc3ccccc23)n1)c1cccc(COc2cccc(Cl)c2Cl)c1. The first-order valence-corrected chi connectivity index (χ1v) is 11.8. The third-order valence-electron chi connectivity index (χ3n) is 5.59. The molecule has 7 heteroatoms. The van der Waals surface area contributed by atoms with Gasteiger partial charge in [0.05, 0.1) is 11.6 Å². The Balaban J connectivity index is 1.24. The van der Waals surface area contributed by atoms with E-state index in [2.05, 4.69) is 34.7 Å². The number of amides is 1. The second-order valence-electron chi connectivity index (χ2n) is 8.03. The number of aromatic nitrogens is 2. The highest BCUT2D eigenvalue weighted by molar-refractivity contribution is 6.42. The molecule has 5 rings (SSSR count). The maximum atomic E-state index is 12.8. The van der Waals surface area contributed by atoms with Crippen molar-refractivity contribution in [3.05, 3.63) is 124 Å². The summed E-state index contributed by atoms with van der Waals surface area (Å²) in [5.74, 6) is 0.733. The summed E-state index contributed by atoms with van der Waals surface area (Å²) in [7, 11) is 0. The van der Waals surface area contributed by atoms with E-state index in [4.69, 9.17) is 27.9 Å². The molecule has 1 aromatic heterocycles. The van der Waals surface area contributed by atoms with Gasteiger partial charge in [0.2, 0.25) is 0 Å². The Kier molecular flexibility index (Phi) is 6.70. The van der Waals surface area contributed by atoms with Crippen LogP contribution in [0.25, 0.3) is 10.8 Å². The fourth-order valence-electron chi connectivity index (χ4n) is 3.87. The van der Waals surface area contributed by atoms with Crippen LogP contribution in [-0.2, 0) is 13.2 Å². The topological polar surface area (TPSA) is 56.2 Å². The van der Waals surface area contributed by atoms with Crippen LogP contribution in [0.3, 0.4) is 0 Å². The van der Waals surface area contributed by atoms with Gasteiger partial charge in [-0.05, 0) is 46.2 Å². The van der Waals surface area contributed by atoms with Crippen molar-refractivity contribution in [3.8, 4) is 5.75 Å². The largest absolute Gasteiger partial charge is 0.487 e. The van der Waals surface area contributed by atoms with Gasteiger partial charge in [0.1, 0.15) is 17.4 Å². The number of benzene rings is 4. The van der Waals surface area contributed by atoms with Crippen LogP contribution in [0.5, 0.6) is 5.75 Å². The number of halogens is 2. The summed E-state index contributed by atoms with van der Waals surface area (Å²) < 4.78 is 7.60. The molecule has 4 aromatic carbocycles. The van der Waals surface area contributed by atoms with Gasteiger partial charge >= 0.3 is 0 Å². The van der Waals surface area contributed by atoms with Crippen LogP contribution in [-0.4, -0.2) is 15.7 Å². The van der Waals surface area contributed by atoms with E-state index < -0.39 is 0 Å². The third kappa shape index (κ3) is 5.32. The lowest BCUT2D eigenvalue weighted by molar-refractivity contribution is 0.102. The minimum atomic E-state index is -0.247. The molecule has 0 saturated carbocycles. The van der Waals surface area contributed by atoms with Gasteiger partial charge in [-0.25, -0.2) is 0 Å². The Morgan fingerprint density at radius 2 is 1.71 bits per heavy atom. The van der Waals surface area contributed by atoms with Crippen molar-refractivity contribution in [2.24, 2.45) is 0 Å². The number of ether oxygens (including phenoxy) is 1. The zero-order valence-corrected chi connectivity index (χ0v) is 20.1. The van der Waals surface area contributed by atoms with E-state index in [1.54, 1.807) is 36.4 Å². The summed E-state index contributed by atoms with van der Waals surface area (Å²) >= 11 is 12.2. The predicted octanol–water partition coefficient (Wildman–Crippen LogP) is 7.22. The number of hydrogen-bond acceptors (Lipinski definition) is 3. The molecule has 0 radical (unpaired) electrons. The normalized spacial score (nSPS) is 10.9. The van der Waals surface area contributed by atoms with Crippen LogP contribution in [0.4, 0.5) is 5.82 Å². The van der Waals surface area contributed by atoms with Crippen LogP contribution in [0.2, 0.25) is 10.0 Å². The Hall–Kier alpha value is -3.80. The van der Waals surface area contributed by atoms with Crippen LogP contribution < -0.4 is 10.1 Å². The Labute approximate surface area is 212 Å². The van der Waals surface area contributed by atoms with Crippen molar-refractivity contribution in [2.75, 3.05) is 5.32 Å². The van der Waals surface area contributed by atoms with E-state index in [0.29, 0.717) is 33.7 Å². The van der Waals surface area contributed by atoms with Gasteiger partial charge in [0.15, 0.2) is 5.82 Å². The molecule has 1 amide bonds. The van der Waals surface area contributed by atoms with Crippen molar-refractivity contribution in [1.82, 2.24) is 9.78 Å². The van der Waals surface area contributed by atoms with E-state index in [-0.39, 0.29) is 12.5 Å². The summed E-state index contributed by atoms with van der Waals surface area (Å²) in [5.41, 5.74) is 2.50. The molecule has 0 saturated heterocycles. The van der Waals surface area contributed by atoms with E-state index in [0.717, 1.165) is 11.1 Å². The highest BCUT2D eigenvalue weighted by Gasteiger charge is 2.11. The second kappa shape index (κ2) is 10.2. The fourth-order valence-corrected chi connectivity index (χ4v) is 4.22. The molecule has 35 heavy (non-hydrogen) atoms. The standard InChI is InChI=1S/C28H21Cl2N3O2/c29-24-12-5-13-25(27(24)30)35-18-19-6-3-9-21(16-19)28(34)31-26-14-15-33(32-26)17-22-10-4-8-20-7-1-2-11-23(20)22/h1-16H,17-18H2,(H,31,32,34). The molecule has 0 atom stereocenters. The molecule has 0 fully saturated rings. The van der Waals surface area contributed by atoms with Crippen molar-refractivity contribution in [1.29, 1.82) is 0 Å². The molecule has 5 nitrogen and oxygen atoms in total. The number of nitrogens with zero attached hydrogens (tertiary/aromatic N) is 2. The van der Waals surface area contributed by atoms with Gasteiger partial charge < -0.3 is 10.1 Å². The molecule has 0 aliphatic rings. The number of fused-ring (bicyclic) bond motifs is 1. The first kappa shape index (κ1) is 23.0. The zero-order chi connectivity index (χ0) is 24.2. The van der Waals surface area contributed by atoms with Crippen molar-refractivity contribution in [3.63, 3.8) is 0 Å². The minimum Gasteiger partial charge on any atom is -0.487 e. The molecule has 5 aromatic rings. The van der Waals surface area contributed by atoms with Crippen LogP contribution >= 0.6 is 23.2 Å². The number of hydrogen-bond donors (Lipinski definition) is 1. The smallest absolute Gasteiger partial charge is 0.256 e. The van der Waals surface area contributed by atoms with Gasteiger partial charge in [0.25, 0.3) is 5.91 Å². The zero-order valence-electron chi connectivity index (χ0n) is 18.6. The van der Waals surface area contributed by atoms with Crippen molar-refractivity contribution < 1.29 is 9.53 Å². The van der Waals surface area contributed by atoms with Crippen LogP contribution in [0, 0.1) is 0 Å². The first-order valence-electron chi connectivity index (χ1n) is 11.0. The summed E-state index contributed by atoms with van der Waals surface area (Å²) in [4.78, 5) is 12.8. The lowest BCUT2D eigenvalue weighted by Gasteiger charge is -2.10. The predicted molar refractivity (Wildman–Crippen MR) is 140 cm³/mol. The quantitative estimate of drug-likeness (QED) is 0.256. The number of rotatable bonds is 7. The fraction of sp³-hybridized carbons (Fsp3) is 0.0714. The van der Waals surface area contributed by atoms with Crippen LogP contribution in [0.1, 0.15) is 21.5 Å². The molecule has 0 bridgehead atoms. The van der Waals surface area contributed by atoms with E-state index in [9.17, 15) is 4.79 Å². The third-order valence-corrected chi connectivity index (χ3v) is 6.40. The Morgan fingerprint density at radius 3 is 2.63 bits per heavy atom. The molecule has 0 unspecified atom stereocenters. The molecule has 174 valence electrons. The maximum Gasteiger partial charge on any atom is 0.256 e. The van der Waals surface area contributed by atoms with E-state index >= 15 is 0 Å². The molecule has 1 heterocycles. The van der Waals surface area contributed by atoms with Crippen LogP contribution in [0.15, 0.2) is 97.2 Å². The maximum absolute atomic E-state index is 12.8. The van der Waals surface area contributed by atoms with E-state index in [1.807, 2.05) is 41.2 Å². The first-order chi connectivity index (χ1) is 17.1. The van der Waals surface area contributed by atoms with E-state index in [1.165, 1.54) is 10.8 Å². The molecule has 0 aliphatic heterocycles. The van der Waals surface area contributed by atoms with Gasteiger partial charge in [-0.2, -0.15) is 5.10 Å². The molecular weight excluding hydrogens is 481 g/mol. The monoisotopic (exact) mass is 501 g/mol. The van der Waals surface area contributed by atoms with Gasteiger partial charge in [-0.3, -0.25) is 9.48 Å². The number of carbonyl (C=O) groups is 1. The molecule has 0 aliphatic carbocycles. The summed E-state index contributed by atoms with van der Waals surface area (Å²) in [6.45, 7) is 0.858. The van der Waals surface area contributed by atoms with Crippen molar-refractivity contribution in [2.45, 2.75) is 13.2 Å². The Morgan fingerprint density at radius 1 is 0.914 bits per heavy atom. The summed E-state index contributed by atoms with van der Waals surface area (Å²) in [5, 5.41) is 10.6. The highest BCUT2D eigenvalue weighted by Crippen LogP contribution is 2.32. The average molecular weight is 502 g/mol.